The van der Waals surface area contributed by atoms with Gasteiger partial charge in [0.05, 0.1) is 6.04 Å². The third kappa shape index (κ3) is 3.77. The average molecular weight is 391 g/mol. The highest BCUT2D eigenvalue weighted by atomic mass is 32.2. The summed E-state index contributed by atoms with van der Waals surface area (Å²) in [4.78, 5) is 18.8. The lowest BCUT2D eigenvalue weighted by molar-refractivity contribution is 0.0668. The fraction of sp³-hybridized carbons (Fsp3) is 0.474. The number of hydrogen-bond acceptors (Lipinski definition) is 5. The molecule has 0 aliphatic carbocycles. The van der Waals surface area contributed by atoms with Crippen molar-refractivity contribution >= 4 is 15.9 Å². The Balaban J connectivity index is 1.88. The Morgan fingerprint density at radius 3 is 2.67 bits per heavy atom. The summed E-state index contributed by atoms with van der Waals surface area (Å²) in [7, 11) is -3.63. The number of hydrogen-bond donors (Lipinski definition) is 0. The number of amides is 1. The number of carbonyl (C=O) groups is 1. The van der Waals surface area contributed by atoms with Crippen LogP contribution in [0.2, 0.25) is 0 Å². The third-order valence-corrected chi connectivity index (χ3v) is 7.01. The molecule has 8 heteroatoms. The van der Waals surface area contributed by atoms with Crippen LogP contribution >= 0.6 is 0 Å². The molecule has 1 saturated heterocycles. The van der Waals surface area contributed by atoms with Gasteiger partial charge >= 0.3 is 0 Å². The largest absolute Gasteiger partial charge is 0.455 e. The van der Waals surface area contributed by atoms with E-state index in [0.717, 1.165) is 18.4 Å². The first-order valence-electron chi connectivity index (χ1n) is 9.17. The Bertz CT molecular complexity index is 902. The molecule has 7 nitrogen and oxygen atoms in total. The topological polar surface area (TPSA) is 83.7 Å². The minimum atomic E-state index is -3.63. The Kier molecular flexibility index (Phi) is 5.67. The van der Waals surface area contributed by atoms with Gasteiger partial charge in [-0.2, -0.15) is 4.31 Å². The maximum Gasteiger partial charge on any atom is 0.290 e. The van der Waals surface area contributed by atoms with Crippen molar-refractivity contribution in [3.8, 4) is 0 Å². The molecule has 0 spiro atoms. The van der Waals surface area contributed by atoms with Gasteiger partial charge < -0.3 is 9.32 Å². The van der Waals surface area contributed by atoms with E-state index in [0.29, 0.717) is 19.6 Å². The number of aryl methyl sites for hydroxylation is 1. The van der Waals surface area contributed by atoms with Gasteiger partial charge in [0.15, 0.2) is 5.76 Å². The van der Waals surface area contributed by atoms with Gasteiger partial charge in [0, 0.05) is 38.1 Å². The predicted molar refractivity (Wildman–Crippen MR) is 101 cm³/mol. The normalized spacial score (nSPS) is 16.4. The molecule has 1 atom stereocenters. The van der Waals surface area contributed by atoms with Crippen molar-refractivity contribution in [3.05, 3.63) is 47.7 Å². The van der Waals surface area contributed by atoms with Crippen LogP contribution in [0.3, 0.4) is 0 Å². The fourth-order valence-electron chi connectivity index (χ4n) is 3.43. The molecule has 1 aliphatic heterocycles. The molecular formula is C19H25N3O4S. The van der Waals surface area contributed by atoms with Crippen molar-refractivity contribution in [1.82, 2.24) is 14.2 Å². The summed E-state index contributed by atoms with van der Waals surface area (Å²) in [6.07, 6.45) is 5.11. The van der Waals surface area contributed by atoms with E-state index in [1.807, 2.05) is 26.0 Å². The van der Waals surface area contributed by atoms with Crippen molar-refractivity contribution in [3.63, 3.8) is 0 Å². The molecule has 0 saturated carbocycles. The zero-order valence-electron chi connectivity index (χ0n) is 15.9. The van der Waals surface area contributed by atoms with Gasteiger partial charge in [-0.15, -0.1) is 0 Å². The average Bonchev–Trinajstić information content (AvgIpc) is 3.33. The number of nitrogens with zero attached hydrogens (tertiary/aromatic N) is 3. The molecule has 0 N–H and O–H groups in total. The summed E-state index contributed by atoms with van der Waals surface area (Å²) < 4.78 is 32.7. The van der Waals surface area contributed by atoms with E-state index in [1.165, 1.54) is 10.4 Å². The highest BCUT2D eigenvalue weighted by Gasteiger charge is 2.33. The SMILES string of the molecule is CCN(C(=O)c1cc(S(=O)(=O)N2CCCC2)c(C)o1)C(C)c1cccnc1. The summed E-state index contributed by atoms with van der Waals surface area (Å²) in [5, 5.41) is 0. The van der Waals surface area contributed by atoms with Gasteiger partial charge in [-0.25, -0.2) is 8.42 Å². The smallest absolute Gasteiger partial charge is 0.290 e. The molecule has 1 unspecified atom stereocenters. The molecule has 1 aliphatic rings. The third-order valence-electron chi connectivity index (χ3n) is 5.00. The number of rotatable bonds is 6. The van der Waals surface area contributed by atoms with Crippen LogP contribution < -0.4 is 0 Å². The number of sulfonamides is 1. The summed E-state index contributed by atoms with van der Waals surface area (Å²) >= 11 is 0. The summed E-state index contributed by atoms with van der Waals surface area (Å²) in [6.45, 7) is 6.85. The quantitative estimate of drug-likeness (QED) is 0.756. The van der Waals surface area contributed by atoms with Gasteiger partial charge in [0.2, 0.25) is 10.0 Å². The second-order valence-corrected chi connectivity index (χ2v) is 8.60. The predicted octanol–water partition coefficient (Wildman–Crippen LogP) is 2.99. The van der Waals surface area contributed by atoms with Crippen LogP contribution in [0.15, 0.2) is 39.9 Å². The van der Waals surface area contributed by atoms with Gasteiger partial charge in [-0.05, 0) is 45.2 Å². The van der Waals surface area contributed by atoms with Crippen LogP contribution in [0.1, 0.15) is 54.6 Å². The standard InChI is InChI=1S/C19H25N3O4S/c1-4-22(14(2)16-8-7-9-20-13-16)19(23)17-12-18(15(3)26-17)27(24,25)21-10-5-6-11-21/h7-9,12-14H,4-6,10-11H2,1-3H3. The monoisotopic (exact) mass is 391 g/mol. The molecule has 0 aromatic carbocycles. The van der Waals surface area contributed by atoms with Gasteiger partial charge in [0.25, 0.3) is 5.91 Å². The van der Waals surface area contributed by atoms with Crippen LogP contribution in [-0.4, -0.2) is 48.1 Å². The molecule has 3 heterocycles. The van der Waals surface area contributed by atoms with Crippen molar-refractivity contribution in [2.24, 2.45) is 0 Å². The van der Waals surface area contributed by atoms with E-state index in [4.69, 9.17) is 4.42 Å². The number of carbonyl (C=O) groups excluding carboxylic acids is 1. The Morgan fingerprint density at radius 1 is 1.37 bits per heavy atom. The zero-order chi connectivity index (χ0) is 19.6. The van der Waals surface area contributed by atoms with Crippen molar-refractivity contribution in [2.75, 3.05) is 19.6 Å². The van der Waals surface area contributed by atoms with Crippen LogP contribution in [0.5, 0.6) is 0 Å². The molecule has 3 rings (SSSR count). The van der Waals surface area contributed by atoms with E-state index in [9.17, 15) is 13.2 Å². The highest BCUT2D eigenvalue weighted by Crippen LogP contribution is 2.28. The molecule has 1 fully saturated rings. The lowest BCUT2D eigenvalue weighted by Gasteiger charge is -2.27. The molecule has 146 valence electrons. The highest BCUT2D eigenvalue weighted by molar-refractivity contribution is 7.89. The summed E-state index contributed by atoms with van der Waals surface area (Å²) in [5.74, 6) is -0.0435. The number of aromatic nitrogens is 1. The van der Waals surface area contributed by atoms with Crippen LogP contribution in [0.4, 0.5) is 0 Å². The van der Waals surface area contributed by atoms with Gasteiger partial charge in [-0.3, -0.25) is 9.78 Å². The fourth-order valence-corrected chi connectivity index (χ4v) is 5.11. The number of furan rings is 1. The van der Waals surface area contributed by atoms with Crippen LogP contribution in [-0.2, 0) is 10.0 Å². The summed E-state index contributed by atoms with van der Waals surface area (Å²) in [5.41, 5.74) is 0.904. The zero-order valence-corrected chi connectivity index (χ0v) is 16.7. The lowest BCUT2D eigenvalue weighted by atomic mass is 10.1. The van der Waals surface area contributed by atoms with E-state index in [-0.39, 0.29) is 28.4 Å². The second-order valence-electron chi connectivity index (χ2n) is 6.70. The second kappa shape index (κ2) is 7.82. The Labute approximate surface area is 160 Å². The first kappa shape index (κ1) is 19.6. The van der Waals surface area contributed by atoms with Crippen molar-refractivity contribution < 1.29 is 17.6 Å². The molecule has 0 bridgehead atoms. The molecule has 2 aromatic rings. The van der Waals surface area contributed by atoms with E-state index in [2.05, 4.69) is 4.98 Å². The lowest BCUT2D eigenvalue weighted by Crippen LogP contribution is -2.33. The number of pyridine rings is 1. The summed E-state index contributed by atoms with van der Waals surface area (Å²) in [6, 6.07) is 4.89. The molecule has 2 aromatic heterocycles. The minimum absolute atomic E-state index is 0.0443. The maximum absolute atomic E-state index is 13.0. The Hall–Kier alpha value is -2.19. The van der Waals surface area contributed by atoms with Gasteiger partial charge in [0.1, 0.15) is 10.7 Å². The van der Waals surface area contributed by atoms with E-state index in [1.54, 1.807) is 24.2 Å². The molecule has 0 radical (unpaired) electrons. The molecule has 1 amide bonds. The maximum atomic E-state index is 13.0. The first-order valence-corrected chi connectivity index (χ1v) is 10.6. The van der Waals surface area contributed by atoms with Crippen molar-refractivity contribution in [2.45, 2.75) is 44.6 Å². The Morgan fingerprint density at radius 2 is 2.07 bits per heavy atom. The first-order chi connectivity index (χ1) is 12.9. The van der Waals surface area contributed by atoms with E-state index >= 15 is 0 Å². The van der Waals surface area contributed by atoms with Crippen molar-refractivity contribution in [1.29, 1.82) is 0 Å². The van der Waals surface area contributed by atoms with Crippen LogP contribution in [0, 0.1) is 6.92 Å². The molecule has 27 heavy (non-hydrogen) atoms. The molecular weight excluding hydrogens is 366 g/mol. The van der Waals surface area contributed by atoms with E-state index < -0.39 is 10.0 Å². The van der Waals surface area contributed by atoms with Crippen LogP contribution in [0.25, 0.3) is 0 Å². The van der Waals surface area contributed by atoms with Gasteiger partial charge in [-0.1, -0.05) is 6.07 Å². The minimum Gasteiger partial charge on any atom is -0.455 e.